The molecule has 1 aromatic carbocycles. The molecule has 0 unspecified atom stereocenters. The van der Waals surface area contributed by atoms with Crippen molar-refractivity contribution in [3.05, 3.63) is 40.2 Å². The number of hydrogen-bond acceptors (Lipinski definition) is 0. The highest BCUT2D eigenvalue weighted by molar-refractivity contribution is 9.10. The lowest BCUT2D eigenvalue weighted by atomic mass is 9.84. The SMILES string of the molecule is Brc1ccccc1[C]1CCCCC1. The van der Waals surface area contributed by atoms with E-state index in [-0.39, 0.29) is 0 Å². The first-order valence-electron chi connectivity index (χ1n) is 4.97. The predicted octanol–water partition coefficient (Wildman–Crippen LogP) is 4.34. The Morgan fingerprint density at radius 1 is 0.923 bits per heavy atom. The van der Waals surface area contributed by atoms with E-state index in [1.165, 1.54) is 42.1 Å². The first-order valence-corrected chi connectivity index (χ1v) is 5.77. The van der Waals surface area contributed by atoms with Crippen molar-refractivity contribution >= 4 is 15.9 Å². The van der Waals surface area contributed by atoms with Gasteiger partial charge in [-0.25, -0.2) is 0 Å². The maximum atomic E-state index is 3.61. The Balaban J connectivity index is 2.18. The van der Waals surface area contributed by atoms with Crippen LogP contribution in [0.15, 0.2) is 28.7 Å². The fourth-order valence-corrected chi connectivity index (χ4v) is 2.56. The van der Waals surface area contributed by atoms with Crippen molar-refractivity contribution in [3.8, 4) is 0 Å². The molecule has 0 heterocycles. The molecule has 1 aromatic rings. The number of benzene rings is 1. The second-order valence-electron chi connectivity index (χ2n) is 3.64. The predicted molar refractivity (Wildman–Crippen MR) is 59.6 cm³/mol. The molecule has 1 aliphatic rings. The minimum atomic E-state index is 1.26. The Kier molecular flexibility index (Phi) is 3.05. The van der Waals surface area contributed by atoms with Crippen LogP contribution in [0.25, 0.3) is 0 Å². The van der Waals surface area contributed by atoms with E-state index < -0.39 is 0 Å². The summed E-state index contributed by atoms with van der Waals surface area (Å²) in [4.78, 5) is 0. The van der Waals surface area contributed by atoms with Crippen molar-refractivity contribution in [2.24, 2.45) is 0 Å². The van der Waals surface area contributed by atoms with Gasteiger partial charge >= 0.3 is 0 Å². The molecule has 0 amide bonds. The van der Waals surface area contributed by atoms with Crippen LogP contribution in [-0.2, 0) is 0 Å². The first-order chi connectivity index (χ1) is 6.38. The topological polar surface area (TPSA) is 0 Å². The highest BCUT2D eigenvalue weighted by atomic mass is 79.9. The molecule has 1 fully saturated rings. The molecule has 0 spiro atoms. The first kappa shape index (κ1) is 9.26. The Bertz CT molecular complexity index is 274. The number of rotatable bonds is 1. The number of halogens is 1. The molecule has 1 heteroatoms. The van der Waals surface area contributed by atoms with Crippen molar-refractivity contribution in [2.75, 3.05) is 0 Å². The van der Waals surface area contributed by atoms with Gasteiger partial charge in [-0.2, -0.15) is 0 Å². The molecule has 0 saturated heterocycles. The van der Waals surface area contributed by atoms with Gasteiger partial charge in [0.1, 0.15) is 0 Å². The van der Waals surface area contributed by atoms with Crippen LogP contribution in [0.2, 0.25) is 0 Å². The van der Waals surface area contributed by atoms with Crippen LogP contribution >= 0.6 is 15.9 Å². The Morgan fingerprint density at radius 3 is 2.31 bits per heavy atom. The maximum Gasteiger partial charge on any atom is 0.0213 e. The van der Waals surface area contributed by atoms with Crippen molar-refractivity contribution in [3.63, 3.8) is 0 Å². The highest BCUT2D eigenvalue weighted by Crippen LogP contribution is 2.35. The van der Waals surface area contributed by atoms with E-state index in [0.29, 0.717) is 0 Å². The van der Waals surface area contributed by atoms with Crippen LogP contribution < -0.4 is 0 Å². The van der Waals surface area contributed by atoms with Crippen LogP contribution in [0, 0.1) is 5.92 Å². The zero-order valence-corrected chi connectivity index (χ0v) is 9.31. The summed E-state index contributed by atoms with van der Waals surface area (Å²) in [6.07, 6.45) is 6.74. The second kappa shape index (κ2) is 4.28. The molecule has 0 bridgehead atoms. The fraction of sp³-hybridized carbons (Fsp3) is 0.417. The third kappa shape index (κ3) is 2.14. The van der Waals surface area contributed by atoms with E-state index in [4.69, 9.17) is 0 Å². The molecule has 0 N–H and O–H groups in total. The Labute approximate surface area is 88.5 Å². The third-order valence-electron chi connectivity index (χ3n) is 2.71. The van der Waals surface area contributed by atoms with Crippen molar-refractivity contribution in [2.45, 2.75) is 32.1 Å². The lowest BCUT2D eigenvalue weighted by molar-refractivity contribution is 0.550. The van der Waals surface area contributed by atoms with Gasteiger partial charge in [0.05, 0.1) is 0 Å². The van der Waals surface area contributed by atoms with E-state index in [1.807, 2.05) is 0 Å². The smallest absolute Gasteiger partial charge is 0.0213 e. The molecule has 1 aliphatic carbocycles. The minimum absolute atomic E-state index is 1.26. The van der Waals surface area contributed by atoms with Crippen molar-refractivity contribution in [1.29, 1.82) is 0 Å². The van der Waals surface area contributed by atoms with E-state index in [0.717, 1.165) is 0 Å². The van der Waals surface area contributed by atoms with E-state index >= 15 is 0 Å². The van der Waals surface area contributed by atoms with Crippen LogP contribution in [0.1, 0.15) is 37.7 Å². The van der Waals surface area contributed by atoms with Gasteiger partial charge in [-0.15, -0.1) is 0 Å². The molecule has 69 valence electrons. The maximum absolute atomic E-state index is 3.61. The monoisotopic (exact) mass is 237 g/mol. The van der Waals surface area contributed by atoms with Gasteiger partial charge in [-0.05, 0) is 24.5 Å². The van der Waals surface area contributed by atoms with Gasteiger partial charge in [0.2, 0.25) is 0 Å². The largest absolute Gasteiger partial charge is 0.0619 e. The average Bonchev–Trinajstić information content (AvgIpc) is 2.20. The lowest BCUT2D eigenvalue weighted by Gasteiger charge is -2.22. The van der Waals surface area contributed by atoms with Crippen LogP contribution in [-0.4, -0.2) is 0 Å². The van der Waals surface area contributed by atoms with Crippen molar-refractivity contribution in [1.82, 2.24) is 0 Å². The second-order valence-corrected chi connectivity index (χ2v) is 4.50. The zero-order chi connectivity index (χ0) is 9.10. The molecular formula is C12H14Br. The molecule has 0 aromatic heterocycles. The van der Waals surface area contributed by atoms with Crippen LogP contribution in [0.5, 0.6) is 0 Å². The molecule has 2 rings (SSSR count). The van der Waals surface area contributed by atoms with E-state index in [2.05, 4.69) is 40.2 Å². The summed E-state index contributed by atoms with van der Waals surface area (Å²) in [6.45, 7) is 0. The molecule has 0 nitrogen and oxygen atoms in total. The van der Waals surface area contributed by atoms with Crippen LogP contribution in [0.3, 0.4) is 0 Å². The summed E-state index contributed by atoms with van der Waals surface area (Å²) in [5.74, 6) is 1.64. The normalized spacial score (nSPS) is 18.8. The summed E-state index contributed by atoms with van der Waals surface area (Å²) in [6, 6.07) is 8.57. The summed E-state index contributed by atoms with van der Waals surface area (Å²) < 4.78 is 1.26. The van der Waals surface area contributed by atoms with Crippen molar-refractivity contribution < 1.29 is 0 Å². The van der Waals surface area contributed by atoms with E-state index in [1.54, 1.807) is 5.92 Å². The zero-order valence-electron chi connectivity index (χ0n) is 7.72. The standard InChI is InChI=1S/C12H14Br/c13-12-9-5-4-8-11(12)10-6-2-1-3-7-10/h4-5,8-9H,1-3,6-7H2. The van der Waals surface area contributed by atoms with Gasteiger partial charge in [0.15, 0.2) is 0 Å². The molecule has 1 radical (unpaired) electrons. The molecular weight excluding hydrogens is 224 g/mol. The lowest BCUT2D eigenvalue weighted by Crippen LogP contribution is -2.05. The molecule has 0 aliphatic heterocycles. The fourth-order valence-electron chi connectivity index (χ4n) is 2.00. The Morgan fingerprint density at radius 2 is 1.62 bits per heavy atom. The van der Waals surface area contributed by atoms with Crippen LogP contribution in [0.4, 0.5) is 0 Å². The van der Waals surface area contributed by atoms with Gasteiger partial charge < -0.3 is 0 Å². The molecule has 1 saturated carbocycles. The summed E-state index contributed by atoms with van der Waals surface area (Å²) in [5, 5.41) is 0. The third-order valence-corrected chi connectivity index (χ3v) is 3.40. The number of hydrogen-bond donors (Lipinski definition) is 0. The molecule has 0 atom stereocenters. The van der Waals surface area contributed by atoms with Gasteiger partial charge in [0.25, 0.3) is 0 Å². The average molecular weight is 238 g/mol. The summed E-state index contributed by atoms with van der Waals surface area (Å²) in [5.41, 5.74) is 1.43. The minimum Gasteiger partial charge on any atom is -0.0619 e. The quantitative estimate of drug-likeness (QED) is 0.682. The van der Waals surface area contributed by atoms with Gasteiger partial charge in [-0.3, -0.25) is 0 Å². The van der Waals surface area contributed by atoms with E-state index in [9.17, 15) is 0 Å². The van der Waals surface area contributed by atoms with Gasteiger partial charge in [-0.1, -0.05) is 53.4 Å². The summed E-state index contributed by atoms with van der Waals surface area (Å²) in [7, 11) is 0. The van der Waals surface area contributed by atoms with Gasteiger partial charge in [0, 0.05) is 10.4 Å². The highest BCUT2D eigenvalue weighted by Gasteiger charge is 2.17. The summed E-state index contributed by atoms with van der Waals surface area (Å²) >= 11 is 3.61. The Hall–Kier alpha value is -0.300. The molecule has 13 heavy (non-hydrogen) atoms.